The second-order valence-corrected chi connectivity index (χ2v) is 10.5. The molecule has 2 aliphatic heterocycles. The summed E-state index contributed by atoms with van der Waals surface area (Å²) in [5, 5.41) is 3.67. The van der Waals surface area contributed by atoms with Gasteiger partial charge in [-0.25, -0.2) is 14.4 Å². The molecular weight excluding hydrogens is 530 g/mol. The average Bonchev–Trinajstić information content (AvgIpc) is 2.91. The molecule has 38 heavy (non-hydrogen) atoms. The molecular formula is C27H29Cl2FN6O2. The molecule has 2 aliphatic rings. The first-order valence-electron chi connectivity index (χ1n) is 12.5. The maximum Gasteiger partial charge on any atom is 0.255 e. The molecule has 1 amide bonds. The van der Waals surface area contributed by atoms with Crippen molar-refractivity contribution in [1.82, 2.24) is 14.9 Å². The van der Waals surface area contributed by atoms with Crippen LogP contribution in [0.3, 0.4) is 0 Å². The molecule has 3 heterocycles. The van der Waals surface area contributed by atoms with E-state index in [1.807, 2.05) is 4.90 Å². The van der Waals surface area contributed by atoms with E-state index in [4.69, 9.17) is 27.9 Å². The van der Waals surface area contributed by atoms with Crippen molar-refractivity contribution in [3.63, 3.8) is 0 Å². The number of amides is 1. The van der Waals surface area contributed by atoms with E-state index in [2.05, 4.69) is 39.1 Å². The van der Waals surface area contributed by atoms with Crippen LogP contribution in [-0.2, 0) is 4.74 Å². The molecule has 1 N–H and O–H groups in total. The van der Waals surface area contributed by atoms with Crippen LogP contribution < -0.4 is 15.1 Å². The van der Waals surface area contributed by atoms with Crippen molar-refractivity contribution in [2.24, 2.45) is 0 Å². The fourth-order valence-corrected chi connectivity index (χ4v) is 5.21. The molecule has 2 aromatic carbocycles. The smallest absolute Gasteiger partial charge is 0.255 e. The summed E-state index contributed by atoms with van der Waals surface area (Å²) in [6.07, 6.45) is 3.21. The van der Waals surface area contributed by atoms with Gasteiger partial charge in [-0.15, -0.1) is 0 Å². The van der Waals surface area contributed by atoms with Crippen molar-refractivity contribution in [3.8, 4) is 11.1 Å². The van der Waals surface area contributed by atoms with Crippen LogP contribution in [0, 0.1) is 5.82 Å². The van der Waals surface area contributed by atoms with Crippen molar-refractivity contribution in [1.29, 1.82) is 0 Å². The van der Waals surface area contributed by atoms with Gasteiger partial charge in [0.05, 0.1) is 24.6 Å². The Balaban J connectivity index is 1.50. The molecule has 200 valence electrons. The lowest BCUT2D eigenvalue weighted by Crippen LogP contribution is -2.50. The van der Waals surface area contributed by atoms with E-state index in [-0.39, 0.29) is 6.04 Å². The Kier molecular flexibility index (Phi) is 7.99. The van der Waals surface area contributed by atoms with Gasteiger partial charge in [0.2, 0.25) is 5.95 Å². The van der Waals surface area contributed by atoms with Crippen LogP contribution in [-0.4, -0.2) is 79.8 Å². The molecule has 1 aromatic heterocycles. The van der Waals surface area contributed by atoms with E-state index in [9.17, 15) is 4.79 Å². The first-order valence-corrected chi connectivity index (χ1v) is 13.3. The third-order valence-electron chi connectivity index (χ3n) is 7.00. The molecule has 3 aromatic rings. The van der Waals surface area contributed by atoms with Gasteiger partial charge in [-0.05, 0) is 44.3 Å². The van der Waals surface area contributed by atoms with E-state index in [1.54, 1.807) is 36.7 Å². The molecule has 0 aliphatic carbocycles. The van der Waals surface area contributed by atoms with Crippen LogP contribution >= 0.6 is 23.2 Å². The molecule has 8 nitrogen and oxygen atoms in total. The maximum absolute atomic E-state index is 15.6. The number of aromatic nitrogens is 2. The molecule has 5 rings (SSSR count). The zero-order chi connectivity index (χ0) is 26.8. The van der Waals surface area contributed by atoms with E-state index in [0.29, 0.717) is 83.5 Å². The van der Waals surface area contributed by atoms with Crippen molar-refractivity contribution in [2.45, 2.75) is 13.0 Å². The summed E-state index contributed by atoms with van der Waals surface area (Å²) in [6, 6.07) is 8.04. The predicted molar refractivity (Wildman–Crippen MR) is 149 cm³/mol. The number of piperazine rings is 1. The van der Waals surface area contributed by atoms with Gasteiger partial charge in [0.1, 0.15) is 5.82 Å². The molecule has 0 unspecified atom stereocenters. The summed E-state index contributed by atoms with van der Waals surface area (Å²) in [5.74, 6) is -0.237. The predicted octanol–water partition coefficient (Wildman–Crippen LogP) is 4.82. The number of anilines is 3. The normalized spacial score (nSPS) is 18.5. The fourth-order valence-electron chi connectivity index (χ4n) is 4.68. The zero-order valence-corrected chi connectivity index (χ0v) is 22.8. The maximum atomic E-state index is 15.6. The first kappa shape index (κ1) is 26.6. The Morgan fingerprint density at radius 2 is 1.68 bits per heavy atom. The van der Waals surface area contributed by atoms with Gasteiger partial charge in [0, 0.05) is 77.9 Å². The zero-order valence-electron chi connectivity index (χ0n) is 21.3. The second kappa shape index (κ2) is 11.4. The summed E-state index contributed by atoms with van der Waals surface area (Å²) in [4.78, 5) is 28.5. The Morgan fingerprint density at radius 1 is 1.00 bits per heavy atom. The lowest BCUT2D eigenvalue weighted by Gasteiger charge is -2.39. The molecule has 0 saturated carbocycles. The highest BCUT2D eigenvalue weighted by atomic mass is 35.5. The number of likely N-dealkylation sites (N-methyl/N-ethyl adjacent to an activating group) is 1. The van der Waals surface area contributed by atoms with Gasteiger partial charge < -0.3 is 24.8 Å². The molecule has 2 saturated heterocycles. The number of hydrogen-bond donors (Lipinski definition) is 1. The standard InChI is InChI=1S/C27H29Cl2FN6O2/c1-17-16-36(4-3-34(17)2)25-13-23(30)22(19-14-31-27(32-15-19)35-5-7-38-8-6-35)12-24(25)33-26(37)18-9-20(28)11-21(29)10-18/h9-15,17H,3-8,16H2,1-2H3,(H,33,37)/t17-/m0/s1. The Hall–Kier alpha value is -2.98. The molecule has 11 heteroatoms. The van der Waals surface area contributed by atoms with E-state index in [0.717, 1.165) is 6.54 Å². The van der Waals surface area contributed by atoms with Crippen molar-refractivity contribution < 1.29 is 13.9 Å². The average molecular weight is 559 g/mol. The van der Waals surface area contributed by atoms with E-state index < -0.39 is 11.7 Å². The number of hydrogen-bond acceptors (Lipinski definition) is 7. The van der Waals surface area contributed by atoms with Crippen molar-refractivity contribution >= 4 is 46.4 Å². The van der Waals surface area contributed by atoms with Crippen molar-refractivity contribution in [3.05, 3.63) is 64.2 Å². The van der Waals surface area contributed by atoms with Crippen LogP contribution in [0.15, 0.2) is 42.7 Å². The molecule has 0 bridgehead atoms. The number of halogens is 3. The molecule has 0 spiro atoms. The third kappa shape index (κ3) is 5.86. The number of rotatable bonds is 5. The van der Waals surface area contributed by atoms with Gasteiger partial charge in [0.15, 0.2) is 0 Å². The second-order valence-electron chi connectivity index (χ2n) is 9.61. The minimum Gasteiger partial charge on any atom is -0.378 e. The Labute approximate surface area is 231 Å². The summed E-state index contributed by atoms with van der Waals surface area (Å²) >= 11 is 12.2. The van der Waals surface area contributed by atoms with Gasteiger partial charge in [-0.2, -0.15) is 0 Å². The molecule has 1 atom stereocenters. The summed E-state index contributed by atoms with van der Waals surface area (Å²) in [5.41, 5.74) is 2.21. The Bertz CT molecular complexity index is 1300. The Morgan fingerprint density at radius 3 is 2.34 bits per heavy atom. The van der Waals surface area contributed by atoms with E-state index in [1.165, 1.54) is 6.07 Å². The SMILES string of the molecule is C[C@H]1CN(c2cc(F)c(-c3cnc(N4CCOCC4)nc3)cc2NC(=O)c2cc(Cl)cc(Cl)c2)CCN1C. The van der Waals surface area contributed by atoms with Crippen LogP contribution in [0.4, 0.5) is 21.7 Å². The van der Waals surface area contributed by atoms with Crippen LogP contribution in [0.1, 0.15) is 17.3 Å². The highest BCUT2D eigenvalue weighted by molar-refractivity contribution is 6.35. The first-order chi connectivity index (χ1) is 18.3. The van der Waals surface area contributed by atoms with Gasteiger partial charge in [0.25, 0.3) is 5.91 Å². The highest BCUT2D eigenvalue weighted by Gasteiger charge is 2.25. The molecule has 0 radical (unpaired) electrons. The summed E-state index contributed by atoms with van der Waals surface area (Å²) in [6.45, 7) is 6.97. The monoisotopic (exact) mass is 558 g/mol. The lowest BCUT2D eigenvalue weighted by atomic mass is 10.0. The van der Waals surface area contributed by atoms with Gasteiger partial charge in [-0.3, -0.25) is 4.79 Å². The number of carbonyl (C=O) groups excluding carboxylic acids is 1. The summed E-state index contributed by atoms with van der Waals surface area (Å²) < 4.78 is 21.0. The van der Waals surface area contributed by atoms with Gasteiger partial charge in [-0.1, -0.05) is 23.2 Å². The van der Waals surface area contributed by atoms with Crippen LogP contribution in [0.25, 0.3) is 11.1 Å². The van der Waals surface area contributed by atoms with Gasteiger partial charge >= 0.3 is 0 Å². The minimum atomic E-state index is -0.418. The number of morpholine rings is 1. The summed E-state index contributed by atoms with van der Waals surface area (Å²) in [7, 11) is 2.07. The van der Waals surface area contributed by atoms with E-state index >= 15 is 4.39 Å². The number of nitrogens with one attached hydrogen (secondary N) is 1. The number of nitrogens with zero attached hydrogens (tertiary/aromatic N) is 5. The third-order valence-corrected chi connectivity index (χ3v) is 7.44. The highest BCUT2D eigenvalue weighted by Crippen LogP contribution is 2.36. The fraction of sp³-hybridized carbons (Fsp3) is 0.370. The lowest BCUT2D eigenvalue weighted by molar-refractivity contribution is 0.102. The quantitative estimate of drug-likeness (QED) is 0.481. The van der Waals surface area contributed by atoms with Crippen LogP contribution in [0.5, 0.6) is 0 Å². The van der Waals surface area contributed by atoms with Crippen molar-refractivity contribution in [2.75, 3.05) is 68.1 Å². The number of carbonyl (C=O) groups is 1. The minimum absolute atomic E-state index is 0.267. The number of ether oxygens (including phenoxy) is 1. The topological polar surface area (TPSA) is 73.8 Å². The number of benzene rings is 2. The largest absolute Gasteiger partial charge is 0.378 e. The van der Waals surface area contributed by atoms with Crippen LogP contribution in [0.2, 0.25) is 10.0 Å². The molecule has 2 fully saturated rings.